The summed E-state index contributed by atoms with van der Waals surface area (Å²) in [4.78, 5) is 8.59. The van der Waals surface area contributed by atoms with Crippen molar-refractivity contribution < 1.29 is 40.5 Å². The molecule has 9 heteroatoms. The second kappa shape index (κ2) is 8.69. The average molecular weight is 404 g/mol. The van der Waals surface area contributed by atoms with E-state index in [9.17, 15) is 0 Å². The predicted molar refractivity (Wildman–Crippen MR) is 74.0 cm³/mol. The molecule has 6 nitrogen and oxygen atoms in total. The summed E-state index contributed by atoms with van der Waals surface area (Å²) < 4.78 is 10.9. The third kappa shape index (κ3) is 4.67. The number of halogens is 2. The Kier molecular flexibility index (Phi) is 7.98. The summed E-state index contributed by atoms with van der Waals surface area (Å²) in [6.45, 7) is 4.56. The first-order valence-electron chi connectivity index (χ1n) is 6.09. The van der Waals surface area contributed by atoms with Gasteiger partial charge in [-0.1, -0.05) is 0 Å². The van der Waals surface area contributed by atoms with Crippen molar-refractivity contribution in [2.24, 2.45) is 15.4 Å². The Morgan fingerprint density at radius 2 is 1.45 bits per heavy atom. The van der Waals surface area contributed by atoms with E-state index in [1.807, 2.05) is 13.8 Å². The molecule has 2 unspecified atom stereocenters. The summed E-state index contributed by atoms with van der Waals surface area (Å²) >= 11 is -0.826. The normalized spacial score (nSPS) is 24.9. The van der Waals surface area contributed by atoms with E-state index >= 15 is 0 Å². The quantitative estimate of drug-likeness (QED) is 0.732. The van der Waals surface area contributed by atoms with E-state index in [-0.39, 0.29) is 25.3 Å². The van der Waals surface area contributed by atoms with E-state index in [0.29, 0.717) is 25.0 Å². The van der Waals surface area contributed by atoms with Gasteiger partial charge < -0.3 is 19.7 Å². The first-order chi connectivity index (χ1) is 9.49. The number of nitrogens with zero attached hydrogens (tertiary/aromatic N) is 2. The molecule has 0 radical (unpaired) electrons. The Labute approximate surface area is 136 Å². The maximum absolute atomic E-state index is 9.01. The van der Waals surface area contributed by atoms with Gasteiger partial charge in [0, 0.05) is 0 Å². The van der Waals surface area contributed by atoms with E-state index in [1.165, 1.54) is 0 Å². The number of aliphatic hydroxyl groups is 2. The molecule has 2 N–H and O–H groups in total. The van der Waals surface area contributed by atoms with Crippen LogP contribution in [-0.2, 0) is 30.3 Å². The summed E-state index contributed by atoms with van der Waals surface area (Å²) in [5.41, 5.74) is -0.548. The Morgan fingerprint density at radius 3 is 1.70 bits per heavy atom. The first-order valence-corrected chi connectivity index (χ1v) is 12.4. The number of rotatable bonds is 4. The summed E-state index contributed by atoms with van der Waals surface area (Å²) in [7, 11) is 9.87. The standard InChI is InChI=1S/C11H18N2O4.2ClH.Zr/c1-11(2,9-12-7(3-14)5-16-9)10-13-8(4-15)6-17-10;;;/h7-8,14-15H,3-6H2,1-2H3;2*1H;/q;;;+2/p-2. The Hall–Kier alpha value is 0.323. The number of aliphatic imine (C=N–C) groups is 2. The monoisotopic (exact) mass is 402 g/mol. The van der Waals surface area contributed by atoms with E-state index in [0.717, 1.165) is 0 Å². The molecular weight excluding hydrogens is 386 g/mol. The molecule has 2 aliphatic heterocycles. The van der Waals surface area contributed by atoms with Gasteiger partial charge in [0.1, 0.15) is 30.7 Å². The molecule has 0 aromatic carbocycles. The zero-order valence-corrected chi connectivity index (χ0v) is 15.3. The van der Waals surface area contributed by atoms with E-state index < -0.39 is 26.3 Å². The van der Waals surface area contributed by atoms with Crippen LogP contribution in [0.3, 0.4) is 0 Å². The molecule has 2 heterocycles. The number of hydrogen-bond acceptors (Lipinski definition) is 6. The van der Waals surface area contributed by atoms with Gasteiger partial charge in [0.15, 0.2) is 11.8 Å². The molecule has 0 bridgehead atoms. The molecule has 0 saturated heterocycles. The van der Waals surface area contributed by atoms with Crippen LogP contribution in [0.2, 0.25) is 0 Å². The zero-order valence-electron chi connectivity index (χ0n) is 11.3. The van der Waals surface area contributed by atoms with Crippen LogP contribution in [0.1, 0.15) is 13.8 Å². The molecule has 0 aromatic heterocycles. The third-order valence-corrected chi connectivity index (χ3v) is 2.92. The van der Waals surface area contributed by atoms with Crippen LogP contribution in [-0.4, -0.2) is 60.5 Å². The molecule has 0 fully saturated rings. The van der Waals surface area contributed by atoms with Gasteiger partial charge in [-0.05, 0) is 13.8 Å². The van der Waals surface area contributed by atoms with Crippen molar-refractivity contribution >= 4 is 28.8 Å². The van der Waals surface area contributed by atoms with Crippen LogP contribution in [0.25, 0.3) is 0 Å². The van der Waals surface area contributed by atoms with Gasteiger partial charge in [0.25, 0.3) is 0 Å². The minimum atomic E-state index is -0.826. The second-order valence-electron chi connectivity index (χ2n) is 4.86. The molecule has 0 aromatic rings. The molecule has 2 atom stereocenters. The van der Waals surface area contributed by atoms with Gasteiger partial charge in [-0.25, -0.2) is 9.98 Å². The van der Waals surface area contributed by atoms with E-state index in [1.54, 1.807) is 0 Å². The van der Waals surface area contributed by atoms with Gasteiger partial charge >= 0.3 is 37.9 Å². The van der Waals surface area contributed by atoms with Crippen molar-refractivity contribution in [2.45, 2.75) is 25.9 Å². The summed E-state index contributed by atoms with van der Waals surface area (Å²) in [5.74, 6) is 1.07. The fourth-order valence-electron chi connectivity index (χ4n) is 1.79. The Morgan fingerprint density at radius 1 is 1.10 bits per heavy atom. The topological polar surface area (TPSA) is 83.6 Å². The molecule has 0 aliphatic carbocycles. The van der Waals surface area contributed by atoms with Crippen molar-refractivity contribution in [3.63, 3.8) is 0 Å². The van der Waals surface area contributed by atoms with Crippen molar-refractivity contribution in [2.75, 3.05) is 26.4 Å². The van der Waals surface area contributed by atoms with Crippen LogP contribution in [0.4, 0.5) is 0 Å². The van der Waals surface area contributed by atoms with Crippen LogP contribution < -0.4 is 0 Å². The van der Waals surface area contributed by atoms with Gasteiger partial charge in [0.05, 0.1) is 13.2 Å². The first kappa shape index (κ1) is 18.4. The maximum atomic E-state index is 9.01. The SMILES string of the molecule is CC(C)(C1=NC(CO)CO1)C1=NC(CO)CO1.[Cl][Zr][Cl]. The van der Waals surface area contributed by atoms with Crippen molar-refractivity contribution in [3.05, 3.63) is 0 Å². The molecule has 0 saturated carbocycles. The molecular formula is C11H18Cl2N2O4Zr. The third-order valence-electron chi connectivity index (χ3n) is 2.92. The average Bonchev–Trinajstić information content (AvgIpc) is 3.09. The summed E-state index contributed by atoms with van der Waals surface area (Å²) in [6.07, 6.45) is 0. The fraction of sp³-hybridized carbons (Fsp3) is 0.818. The van der Waals surface area contributed by atoms with Gasteiger partial charge in [-0.3, -0.25) is 0 Å². The number of ether oxygens (including phenoxy) is 2. The Bertz CT molecular complexity index is 347. The molecule has 0 amide bonds. The fourth-order valence-corrected chi connectivity index (χ4v) is 1.79. The van der Waals surface area contributed by atoms with E-state index in [4.69, 9.17) is 36.7 Å². The summed E-state index contributed by atoms with van der Waals surface area (Å²) in [6, 6.07) is -0.389. The molecule has 20 heavy (non-hydrogen) atoms. The summed E-state index contributed by atoms with van der Waals surface area (Å²) in [5, 5.41) is 18.0. The second-order valence-corrected chi connectivity index (χ2v) is 8.59. The van der Waals surface area contributed by atoms with E-state index in [2.05, 4.69) is 9.98 Å². The molecule has 2 aliphatic rings. The van der Waals surface area contributed by atoms with Crippen LogP contribution in [0.5, 0.6) is 0 Å². The van der Waals surface area contributed by atoms with Gasteiger partial charge in [0.2, 0.25) is 0 Å². The Balaban J connectivity index is 0.000000612. The predicted octanol–water partition coefficient (Wildman–Crippen LogP) is 0.968. The molecule has 0 spiro atoms. The van der Waals surface area contributed by atoms with Crippen LogP contribution in [0, 0.1) is 5.41 Å². The zero-order chi connectivity index (χ0) is 15.2. The minimum absolute atomic E-state index is 0.0216. The van der Waals surface area contributed by atoms with Gasteiger partial charge in [-0.2, -0.15) is 0 Å². The van der Waals surface area contributed by atoms with Gasteiger partial charge in [-0.15, -0.1) is 0 Å². The number of aliphatic hydroxyl groups excluding tert-OH is 2. The molecule has 114 valence electrons. The van der Waals surface area contributed by atoms with Crippen LogP contribution in [0.15, 0.2) is 9.98 Å². The van der Waals surface area contributed by atoms with Crippen LogP contribution >= 0.6 is 17.0 Å². The van der Waals surface area contributed by atoms with Crippen molar-refractivity contribution in [1.82, 2.24) is 0 Å². The number of hydrogen-bond donors (Lipinski definition) is 2. The van der Waals surface area contributed by atoms with Crippen molar-refractivity contribution in [3.8, 4) is 0 Å². The molecule has 2 rings (SSSR count). The van der Waals surface area contributed by atoms with Crippen molar-refractivity contribution in [1.29, 1.82) is 0 Å².